The summed E-state index contributed by atoms with van der Waals surface area (Å²) in [5.41, 5.74) is 4.36. The molecule has 0 aliphatic carbocycles. The van der Waals surface area contributed by atoms with Crippen LogP contribution in [0.3, 0.4) is 0 Å². The molecule has 1 heterocycles. The number of aromatic nitrogens is 1. The van der Waals surface area contributed by atoms with Crippen molar-refractivity contribution in [1.29, 1.82) is 0 Å². The first-order chi connectivity index (χ1) is 15.0. The van der Waals surface area contributed by atoms with Crippen molar-refractivity contribution in [3.63, 3.8) is 0 Å². The van der Waals surface area contributed by atoms with Crippen LogP contribution in [0.4, 0.5) is 3.89 Å². The highest BCUT2D eigenvalue weighted by Gasteiger charge is 2.24. The summed E-state index contributed by atoms with van der Waals surface area (Å²) in [6.45, 7) is 1.53. The fourth-order valence-corrected chi connectivity index (χ4v) is 3.67. The Kier molecular flexibility index (Phi) is 6.33. The number of halogens is 1. The molecular formula is C23H18FNO6S. The van der Waals surface area contributed by atoms with E-state index in [1.165, 1.54) is 6.92 Å². The minimum absolute atomic E-state index is 0.00286. The Bertz CT molecular complexity index is 1460. The SMILES string of the molecule is CC(=O)c1ccc(-c2cccc3c2c(C(=O)O)c2ccccc2[n+]3C)cc1.O=S(=O)([O-])F. The highest BCUT2D eigenvalue weighted by molar-refractivity contribution is 7.80. The lowest BCUT2D eigenvalue weighted by atomic mass is 9.93. The number of benzene rings is 3. The number of pyridine rings is 1. The zero-order valence-electron chi connectivity index (χ0n) is 17.1. The van der Waals surface area contributed by atoms with Crippen LogP contribution in [-0.4, -0.2) is 29.8 Å². The summed E-state index contributed by atoms with van der Waals surface area (Å²) >= 11 is 0. The van der Waals surface area contributed by atoms with Crippen molar-refractivity contribution in [2.45, 2.75) is 6.92 Å². The second kappa shape index (κ2) is 8.81. The van der Waals surface area contributed by atoms with Crippen LogP contribution >= 0.6 is 0 Å². The number of carboxylic acid groups (broad SMARTS) is 1. The molecule has 3 aromatic carbocycles. The average Bonchev–Trinajstić information content (AvgIpc) is 2.72. The number of nitrogens with zero attached hydrogens (tertiary/aromatic N) is 1. The topological polar surface area (TPSA) is 115 Å². The Morgan fingerprint density at radius 3 is 2.06 bits per heavy atom. The molecule has 0 aliphatic rings. The average molecular weight is 455 g/mol. The van der Waals surface area contributed by atoms with E-state index in [1.54, 1.807) is 12.1 Å². The third-order valence-electron chi connectivity index (χ3n) is 5.00. The van der Waals surface area contributed by atoms with Gasteiger partial charge in [0.05, 0.1) is 16.3 Å². The Morgan fingerprint density at radius 2 is 1.50 bits per heavy atom. The van der Waals surface area contributed by atoms with Crippen LogP contribution in [-0.2, 0) is 17.6 Å². The molecule has 9 heteroatoms. The molecule has 32 heavy (non-hydrogen) atoms. The van der Waals surface area contributed by atoms with Crippen LogP contribution in [0.15, 0.2) is 66.7 Å². The van der Waals surface area contributed by atoms with E-state index >= 15 is 0 Å². The summed E-state index contributed by atoms with van der Waals surface area (Å²) in [7, 11) is -3.47. The lowest BCUT2D eigenvalue weighted by Gasteiger charge is -2.11. The largest absolute Gasteiger partial charge is 0.722 e. The lowest BCUT2D eigenvalue weighted by Crippen LogP contribution is -2.31. The van der Waals surface area contributed by atoms with E-state index in [4.69, 9.17) is 13.0 Å². The fourth-order valence-electron chi connectivity index (χ4n) is 3.67. The molecule has 0 radical (unpaired) electrons. The third-order valence-corrected chi connectivity index (χ3v) is 5.00. The van der Waals surface area contributed by atoms with Gasteiger partial charge in [-0.1, -0.05) is 48.5 Å². The first-order valence-corrected chi connectivity index (χ1v) is 10.6. The molecule has 0 atom stereocenters. The van der Waals surface area contributed by atoms with Gasteiger partial charge in [-0.25, -0.2) is 13.2 Å². The van der Waals surface area contributed by atoms with Crippen molar-refractivity contribution in [2.24, 2.45) is 7.05 Å². The van der Waals surface area contributed by atoms with Gasteiger partial charge >= 0.3 is 5.97 Å². The monoisotopic (exact) mass is 455 g/mol. The zero-order chi connectivity index (χ0) is 23.6. The standard InChI is InChI=1S/C23H17NO3.FHO3S/c1-14(25)15-10-12-16(13-11-15)17-7-5-9-20-21(17)22(23(26)27)18-6-3-4-8-19(18)24(20)2;1-5(2,3)4/h3-13H,1-2H3;(H,2,3,4). The minimum atomic E-state index is -5.42. The summed E-state index contributed by atoms with van der Waals surface area (Å²) in [5.74, 6) is -0.951. The highest BCUT2D eigenvalue weighted by atomic mass is 32.3. The zero-order valence-corrected chi connectivity index (χ0v) is 17.9. The van der Waals surface area contributed by atoms with Gasteiger partial charge in [0, 0.05) is 17.7 Å². The van der Waals surface area contributed by atoms with Crippen LogP contribution in [0.1, 0.15) is 27.6 Å². The molecule has 0 aliphatic heterocycles. The van der Waals surface area contributed by atoms with Crippen molar-refractivity contribution >= 4 is 44.1 Å². The van der Waals surface area contributed by atoms with Crippen LogP contribution in [0, 0.1) is 0 Å². The predicted octanol–water partition coefficient (Wildman–Crippen LogP) is 3.80. The molecule has 0 amide bonds. The van der Waals surface area contributed by atoms with Crippen LogP contribution in [0.2, 0.25) is 0 Å². The van der Waals surface area contributed by atoms with Crippen molar-refractivity contribution < 1.29 is 36.1 Å². The predicted molar refractivity (Wildman–Crippen MR) is 116 cm³/mol. The molecule has 7 nitrogen and oxygen atoms in total. The molecule has 1 N–H and O–H groups in total. The number of carbonyl (C=O) groups excluding carboxylic acids is 1. The van der Waals surface area contributed by atoms with Crippen LogP contribution in [0.25, 0.3) is 32.9 Å². The molecular weight excluding hydrogens is 437 g/mol. The molecule has 0 saturated heterocycles. The van der Waals surface area contributed by atoms with Gasteiger partial charge in [0.15, 0.2) is 5.78 Å². The maximum atomic E-state index is 12.2. The number of rotatable bonds is 3. The van der Waals surface area contributed by atoms with Gasteiger partial charge in [-0.05, 0) is 24.1 Å². The van der Waals surface area contributed by atoms with Gasteiger partial charge < -0.3 is 9.66 Å². The summed E-state index contributed by atoms with van der Waals surface area (Å²) in [5, 5.41) is 11.4. The molecule has 164 valence electrons. The number of carboxylic acids is 1. The van der Waals surface area contributed by atoms with Crippen molar-refractivity contribution in [2.75, 3.05) is 0 Å². The van der Waals surface area contributed by atoms with E-state index in [-0.39, 0.29) is 5.78 Å². The number of para-hydroxylation sites is 1. The van der Waals surface area contributed by atoms with Gasteiger partial charge in [-0.15, -0.1) is 3.89 Å². The van der Waals surface area contributed by atoms with E-state index in [0.717, 1.165) is 22.2 Å². The normalized spacial score (nSPS) is 11.1. The molecule has 4 aromatic rings. The Labute approximate surface area is 183 Å². The lowest BCUT2D eigenvalue weighted by molar-refractivity contribution is -0.617. The molecule has 0 saturated carbocycles. The van der Waals surface area contributed by atoms with Gasteiger partial charge in [-0.2, -0.15) is 4.57 Å². The summed E-state index contributed by atoms with van der Waals surface area (Å²) < 4.78 is 37.4. The number of carbonyl (C=O) groups is 2. The smallest absolute Gasteiger partial charge is 0.337 e. The van der Waals surface area contributed by atoms with E-state index in [0.29, 0.717) is 21.9 Å². The van der Waals surface area contributed by atoms with Crippen molar-refractivity contribution in [3.05, 3.63) is 77.9 Å². The molecule has 4 rings (SSSR count). The highest BCUT2D eigenvalue weighted by Crippen LogP contribution is 2.33. The Balaban J connectivity index is 0.000000523. The van der Waals surface area contributed by atoms with Crippen molar-refractivity contribution in [3.8, 4) is 11.1 Å². The van der Waals surface area contributed by atoms with E-state index in [9.17, 15) is 18.6 Å². The van der Waals surface area contributed by atoms with Crippen LogP contribution < -0.4 is 4.57 Å². The van der Waals surface area contributed by atoms with E-state index in [2.05, 4.69) is 0 Å². The number of hydrogen-bond acceptors (Lipinski definition) is 5. The molecule has 0 spiro atoms. The Morgan fingerprint density at radius 1 is 0.938 bits per heavy atom. The molecule has 0 unspecified atom stereocenters. The molecule has 1 aromatic heterocycles. The quantitative estimate of drug-likeness (QED) is 0.165. The summed E-state index contributed by atoms with van der Waals surface area (Å²) in [6, 6.07) is 20.6. The van der Waals surface area contributed by atoms with E-state index < -0.39 is 16.5 Å². The van der Waals surface area contributed by atoms with Crippen LogP contribution in [0.5, 0.6) is 0 Å². The second-order valence-electron chi connectivity index (χ2n) is 6.98. The maximum absolute atomic E-state index is 12.2. The first kappa shape index (κ1) is 23.0. The second-order valence-corrected chi connectivity index (χ2v) is 7.77. The third kappa shape index (κ3) is 4.79. The summed E-state index contributed by atoms with van der Waals surface area (Å²) in [6.07, 6.45) is 0. The molecule has 0 fully saturated rings. The number of ketones is 1. The maximum Gasteiger partial charge on any atom is 0.337 e. The number of Topliss-reactive ketones (excluding diaryl/α,β-unsaturated/α-hetero) is 1. The fraction of sp³-hybridized carbons (Fsp3) is 0.0870. The minimum Gasteiger partial charge on any atom is -0.722 e. The Hall–Kier alpha value is -3.69. The molecule has 0 bridgehead atoms. The first-order valence-electron chi connectivity index (χ1n) is 9.32. The number of hydrogen-bond donors (Lipinski definition) is 1. The van der Waals surface area contributed by atoms with Gasteiger partial charge in [0.1, 0.15) is 7.05 Å². The van der Waals surface area contributed by atoms with Gasteiger partial charge in [0.2, 0.25) is 11.0 Å². The number of aromatic carboxylic acids is 1. The van der Waals surface area contributed by atoms with Gasteiger partial charge in [0.25, 0.3) is 10.5 Å². The number of fused-ring (bicyclic) bond motifs is 2. The van der Waals surface area contributed by atoms with E-state index in [1.807, 2.05) is 66.2 Å². The van der Waals surface area contributed by atoms with Crippen molar-refractivity contribution in [1.82, 2.24) is 0 Å². The number of aryl methyl sites for hydroxylation is 1. The summed E-state index contributed by atoms with van der Waals surface area (Å²) in [4.78, 5) is 23.8. The van der Waals surface area contributed by atoms with Gasteiger partial charge in [-0.3, -0.25) is 4.79 Å².